The molecule has 16 heavy (non-hydrogen) atoms. The first-order chi connectivity index (χ1) is 7.54. The molecular formula is C13H16N2S. The van der Waals surface area contributed by atoms with E-state index < -0.39 is 0 Å². The van der Waals surface area contributed by atoms with Gasteiger partial charge >= 0.3 is 0 Å². The van der Waals surface area contributed by atoms with E-state index >= 15 is 0 Å². The average molecular weight is 232 g/mol. The Morgan fingerprint density at radius 2 is 1.94 bits per heavy atom. The van der Waals surface area contributed by atoms with Crippen molar-refractivity contribution in [3.05, 3.63) is 41.4 Å². The summed E-state index contributed by atoms with van der Waals surface area (Å²) in [5.41, 5.74) is 8.29. The zero-order valence-corrected chi connectivity index (χ0v) is 10.4. The van der Waals surface area contributed by atoms with Crippen LogP contribution in [0.4, 0.5) is 0 Å². The Labute approximate surface area is 100 Å². The molecule has 2 nitrogen and oxygen atoms in total. The second-order valence-electron chi connectivity index (χ2n) is 4.70. The topological polar surface area (TPSA) is 38.9 Å². The van der Waals surface area contributed by atoms with Gasteiger partial charge in [0.25, 0.3) is 0 Å². The average Bonchev–Trinajstić information content (AvgIpc) is 2.69. The summed E-state index contributed by atoms with van der Waals surface area (Å²) in [5, 5.41) is 3.06. The Morgan fingerprint density at radius 3 is 2.44 bits per heavy atom. The van der Waals surface area contributed by atoms with E-state index in [0.29, 0.717) is 0 Å². The molecule has 0 aliphatic heterocycles. The molecule has 0 aliphatic rings. The van der Waals surface area contributed by atoms with E-state index in [9.17, 15) is 0 Å². The summed E-state index contributed by atoms with van der Waals surface area (Å²) < 4.78 is 0. The third-order valence-corrected chi connectivity index (χ3v) is 3.12. The van der Waals surface area contributed by atoms with Crippen LogP contribution in [0.5, 0.6) is 0 Å². The third kappa shape index (κ3) is 2.90. The van der Waals surface area contributed by atoms with Crippen LogP contribution in [0.2, 0.25) is 0 Å². The van der Waals surface area contributed by atoms with Crippen LogP contribution in [0.3, 0.4) is 0 Å². The molecule has 1 aromatic heterocycles. The molecular weight excluding hydrogens is 216 g/mol. The lowest BCUT2D eigenvalue weighted by Gasteiger charge is -2.18. The van der Waals surface area contributed by atoms with E-state index in [-0.39, 0.29) is 5.54 Å². The minimum Gasteiger partial charge on any atom is -0.325 e. The second kappa shape index (κ2) is 4.36. The zero-order valence-electron chi connectivity index (χ0n) is 9.60. The maximum Gasteiger partial charge on any atom is 0.123 e. The van der Waals surface area contributed by atoms with Crippen LogP contribution in [-0.2, 0) is 6.42 Å². The summed E-state index contributed by atoms with van der Waals surface area (Å²) in [6.45, 7) is 4.09. The molecule has 0 saturated carbocycles. The molecule has 0 spiro atoms. The fourth-order valence-corrected chi connectivity index (χ4v) is 2.30. The number of hydrogen-bond acceptors (Lipinski definition) is 3. The van der Waals surface area contributed by atoms with Crippen molar-refractivity contribution < 1.29 is 0 Å². The van der Waals surface area contributed by atoms with Crippen LogP contribution in [0.25, 0.3) is 10.6 Å². The van der Waals surface area contributed by atoms with Gasteiger partial charge in [0.15, 0.2) is 0 Å². The Kier molecular flexibility index (Phi) is 3.08. The first-order valence-corrected chi connectivity index (χ1v) is 6.20. The van der Waals surface area contributed by atoms with Gasteiger partial charge in [0.1, 0.15) is 5.01 Å². The molecule has 0 amide bonds. The number of aromatic nitrogens is 1. The summed E-state index contributed by atoms with van der Waals surface area (Å²) in [7, 11) is 0. The largest absolute Gasteiger partial charge is 0.325 e. The van der Waals surface area contributed by atoms with Gasteiger partial charge in [0.2, 0.25) is 0 Å². The molecule has 2 aromatic rings. The van der Waals surface area contributed by atoms with Crippen LogP contribution in [0.15, 0.2) is 35.8 Å². The van der Waals surface area contributed by atoms with Crippen LogP contribution in [0, 0.1) is 0 Å². The van der Waals surface area contributed by atoms with Gasteiger partial charge in [-0.2, -0.15) is 0 Å². The van der Waals surface area contributed by atoms with Crippen molar-refractivity contribution in [1.82, 2.24) is 4.98 Å². The standard InChI is InChI=1S/C13H16N2S/c1-13(2,14)9-10-3-5-11(6-4-10)12-15-7-8-16-12/h3-8H,9,14H2,1-2H3. The molecule has 2 rings (SSSR count). The van der Waals surface area contributed by atoms with E-state index in [0.717, 1.165) is 11.4 Å². The molecule has 84 valence electrons. The van der Waals surface area contributed by atoms with Crippen molar-refractivity contribution in [3.63, 3.8) is 0 Å². The Balaban J connectivity index is 2.17. The molecule has 0 aliphatic carbocycles. The molecule has 3 heteroatoms. The van der Waals surface area contributed by atoms with E-state index in [1.54, 1.807) is 11.3 Å². The second-order valence-corrected chi connectivity index (χ2v) is 5.59. The Bertz CT molecular complexity index is 438. The van der Waals surface area contributed by atoms with Gasteiger partial charge in [-0.05, 0) is 25.8 Å². The van der Waals surface area contributed by atoms with Gasteiger partial charge in [-0.15, -0.1) is 11.3 Å². The molecule has 0 saturated heterocycles. The Morgan fingerprint density at radius 1 is 1.25 bits per heavy atom. The molecule has 0 bridgehead atoms. The summed E-state index contributed by atoms with van der Waals surface area (Å²) >= 11 is 1.66. The maximum atomic E-state index is 5.99. The number of thiazole rings is 1. The van der Waals surface area contributed by atoms with Crippen molar-refractivity contribution in [2.24, 2.45) is 5.73 Å². The predicted octanol–water partition coefficient (Wildman–Crippen LogP) is 3.09. The number of nitrogens with zero attached hydrogens (tertiary/aromatic N) is 1. The van der Waals surface area contributed by atoms with E-state index in [2.05, 4.69) is 29.2 Å². The van der Waals surface area contributed by atoms with Gasteiger partial charge in [-0.1, -0.05) is 24.3 Å². The Hall–Kier alpha value is -1.19. The van der Waals surface area contributed by atoms with Crippen LogP contribution in [-0.4, -0.2) is 10.5 Å². The highest BCUT2D eigenvalue weighted by Crippen LogP contribution is 2.22. The monoisotopic (exact) mass is 232 g/mol. The van der Waals surface area contributed by atoms with E-state index in [4.69, 9.17) is 5.73 Å². The summed E-state index contributed by atoms with van der Waals surface area (Å²) in [6, 6.07) is 8.48. The normalized spacial score (nSPS) is 11.7. The van der Waals surface area contributed by atoms with Crippen molar-refractivity contribution in [3.8, 4) is 10.6 Å². The van der Waals surface area contributed by atoms with Crippen molar-refractivity contribution >= 4 is 11.3 Å². The van der Waals surface area contributed by atoms with E-state index in [1.807, 2.05) is 25.4 Å². The summed E-state index contributed by atoms with van der Waals surface area (Å²) in [4.78, 5) is 4.28. The lowest BCUT2D eigenvalue weighted by atomic mass is 9.96. The SMILES string of the molecule is CC(C)(N)Cc1ccc(-c2nccs2)cc1. The highest BCUT2D eigenvalue weighted by Gasteiger charge is 2.11. The van der Waals surface area contributed by atoms with Gasteiger partial charge in [0, 0.05) is 22.7 Å². The minimum atomic E-state index is -0.150. The smallest absolute Gasteiger partial charge is 0.123 e. The molecule has 0 fully saturated rings. The third-order valence-electron chi connectivity index (χ3n) is 2.29. The number of hydrogen-bond donors (Lipinski definition) is 1. The number of nitrogens with two attached hydrogens (primary N) is 1. The predicted molar refractivity (Wildman–Crippen MR) is 69.5 cm³/mol. The van der Waals surface area contributed by atoms with E-state index in [1.165, 1.54) is 11.1 Å². The molecule has 1 aromatic carbocycles. The highest BCUT2D eigenvalue weighted by molar-refractivity contribution is 7.13. The molecule has 2 N–H and O–H groups in total. The lowest BCUT2D eigenvalue weighted by molar-refractivity contribution is 0.517. The molecule has 0 radical (unpaired) electrons. The fraction of sp³-hybridized carbons (Fsp3) is 0.308. The van der Waals surface area contributed by atoms with Crippen LogP contribution < -0.4 is 5.73 Å². The van der Waals surface area contributed by atoms with Gasteiger partial charge in [-0.25, -0.2) is 4.98 Å². The number of benzene rings is 1. The summed E-state index contributed by atoms with van der Waals surface area (Å²) in [5.74, 6) is 0. The van der Waals surface area contributed by atoms with Crippen LogP contribution >= 0.6 is 11.3 Å². The van der Waals surface area contributed by atoms with Crippen molar-refractivity contribution in [2.75, 3.05) is 0 Å². The maximum absolute atomic E-state index is 5.99. The number of rotatable bonds is 3. The first kappa shape index (κ1) is 11.3. The highest BCUT2D eigenvalue weighted by atomic mass is 32.1. The van der Waals surface area contributed by atoms with Crippen LogP contribution in [0.1, 0.15) is 19.4 Å². The van der Waals surface area contributed by atoms with Crippen molar-refractivity contribution in [1.29, 1.82) is 0 Å². The zero-order chi connectivity index (χ0) is 11.6. The summed E-state index contributed by atoms with van der Waals surface area (Å²) in [6.07, 6.45) is 2.72. The van der Waals surface area contributed by atoms with Crippen molar-refractivity contribution in [2.45, 2.75) is 25.8 Å². The van der Waals surface area contributed by atoms with Gasteiger partial charge < -0.3 is 5.73 Å². The van der Waals surface area contributed by atoms with Gasteiger partial charge in [-0.3, -0.25) is 0 Å². The molecule has 1 heterocycles. The minimum absolute atomic E-state index is 0.150. The molecule has 0 unspecified atom stereocenters. The fourth-order valence-electron chi connectivity index (χ4n) is 1.66. The quantitative estimate of drug-likeness (QED) is 0.883. The molecule has 0 atom stereocenters. The van der Waals surface area contributed by atoms with Gasteiger partial charge in [0.05, 0.1) is 0 Å². The lowest BCUT2D eigenvalue weighted by Crippen LogP contribution is -2.34. The first-order valence-electron chi connectivity index (χ1n) is 5.32.